The zero-order chi connectivity index (χ0) is 20.5. The van der Waals surface area contributed by atoms with E-state index in [0.717, 1.165) is 24.1 Å². The fourth-order valence-electron chi connectivity index (χ4n) is 4.08. The van der Waals surface area contributed by atoms with E-state index in [0.29, 0.717) is 23.9 Å². The van der Waals surface area contributed by atoms with E-state index in [9.17, 15) is 14.4 Å². The monoisotopic (exact) mass is 391 g/mol. The number of anilines is 1. The van der Waals surface area contributed by atoms with Crippen LogP contribution in [0, 0.1) is 0 Å². The number of para-hydroxylation sites is 2. The van der Waals surface area contributed by atoms with E-state index in [1.807, 2.05) is 38.1 Å². The van der Waals surface area contributed by atoms with Gasteiger partial charge in [0.25, 0.3) is 5.56 Å². The van der Waals surface area contributed by atoms with Crippen LogP contribution < -0.4 is 16.1 Å². The topological polar surface area (TPSA) is 64.3 Å². The first-order chi connectivity index (χ1) is 14.0. The van der Waals surface area contributed by atoms with Crippen molar-refractivity contribution in [2.75, 3.05) is 11.4 Å². The Kier molecular flexibility index (Phi) is 5.09. The molecule has 2 heterocycles. The first kappa shape index (κ1) is 19.2. The van der Waals surface area contributed by atoms with E-state index in [-0.39, 0.29) is 24.1 Å². The lowest BCUT2D eigenvalue weighted by atomic mass is 10.0. The van der Waals surface area contributed by atoms with Crippen molar-refractivity contribution in [1.29, 1.82) is 0 Å². The average Bonchev–Trinajstić information content (AvgIpc) is 2.76. The Labute approximate surface area is 169 Å². The van der Waals surface area contributed by atoms with Gasteiger partial charge >= 0.3 is 5.69 Å². The molecule has 3 aromatic rings. The Bertz CT molecular complexity index is 1190. The lowest BCUT2D eigenvalue weighted by Crippen LogP contribution is -2.45. The molecule has 1 amide bonds. The molecule has 6 nitrogen and oxygen atoms in total. The fraction of sp³-hybridized carbons (Fsp3) is 0.348. The SMILES string of the molecule is CCC(C)n1c(=O)c2ccccc2n(CC(=O)N2CCCc3ccccc32)c1=O. The van der Waals surface area contributed by atoms with Gasteiger partial charge in [0.1, 0.15) is 6.54 Å². The van der Waals surface area contributed by atoms with Crippen molar-refractivity contribution < 1.29 is 4.79 Å². The van der Waals surface area contributed by atoms with E-state index < -0.39 is 5.69 Å². The van der Waals surface area contributed by atoms with E-state index >= 15 is 0 Å². The van der Waals surface area contributed by atoms with Crippen LogP contribution >= 0.6 is 0 Å². The van der Waals surface area contributed by atoms with E-state index in [4.69, 9.17) is 0 Å². The Morgan fingerprint density at radius 3 is 2.59 bits per heavy atom. The summed E-state index contributed by atoms with van der Waals surface area (Å²) in [5, 5.41) is 0.458. The maximum atomic E-state index is 13.2. The van der Waals surface area contributed by atoms with Crippen LogP contribution in [0.2, 0.25) is 0 Å². The fourth-order valence-corrected chi connectivity index (χ4v) is 4.08. The van der Waals surface area contributed by atoms with Gasteiger partial charge in [-0.2, -0.15) is 0 Å². The summed E-state index contributed by atoms with van der Waals surface area (Å²) in [6.45, 7) is 4.33. The maximum absolute atomic E-state index is 13.2. The summed E-state index contributed by atoms with van der Waals surface area (Å²) < 4.78 is 2.72. The molecule has 0 radical (unpaired) electrons. The van der Waals surface area contributed by atoms with E-state index in [1.165, 1.54) is 9.13 Å². The van der Waals surface area contributed by atoms with E-state index in [2.05, 4.69) is 0 Å². The first-order valence-electron chi connectivity index (χ1n) is 10.1. The number of rotatable bonds is 4. The molecule has 0 saturated heterocycles. The number of hydrogen-bond acceptors (Lipinski definition) is 3. The second-order valence-electron chi connectivity index (χ2n) is 7.60. The average molecular weight is 391 g/mol. The van der Waals surface area contributed by atoms with Gasteiger partial charge in [0, 0.05) is 18.3 Å². The highest BCUT2D eigenvalue weighted by Crippen LogP contribution is 2.27. The molecule has 1 unspecified atom stereocenters. The lowest BCUT2D eigenvalue weighted by molar-refractivity contribution is -0.119. The third-order valence-electron chi connectivity index (χ3n) is 5.82. The summed E-state index contributed by atoms with van der Waals surface area (Å²) in [5.74, 6) is -0.140. The van der Waals surface area contributed by atoms with Crippen LogP contribution in [0.4, 0.5) is 5.69 Å². The number of fused-ring (bicyclic) bond motifs is 2. The number of amides is 1. The van der Waals surface area contributed by atoms with Gasteiger partial charge in [-0.25, -0.2) is 4.79 Å². The van der Waals surface area contributed by atoms with Crippen molar-refractivity contribution in [3.8, 4) is 0 Å². The van der Waals surface area contributed by atoms with Crippen molar-refractivity contribution >= 4 is 22.5 Å². The van der Waals surface area contributed by atoms with Crippen LogP contribution in [0.25, 0.3) is 10.9 Å². The summed E-state index contributed by atoms with van der Waals surface area (Å²) in [4.78, 5) is 41.1. The van der Waals surface area contributed by atoms with Crippen LogP contribution in [0.1, 0.15) is 38.3 Å². The number of hydrogen-bond donors (Lipinski definition) is 0. The van der Waals surface area contributed by atoms with Crippen molar-refractivity contribution in [2.45, 2.75) is 45.7 Å². The second-order valence-corrected chi connectivity index (χ2v) is 7.60. The van der Waals surface area contributed by atoms with Gasteiger partial charge in [0.2, 0.25) is 5.91 Å². The Morgan fingerprint density at radius 1 is 1.07 bits per heavy atom. The molecule has 0 saturated carbocycles. The minimum Gasteiger partial charge on any atom is -0.311 e. The molecule has 1 aliphatic heterocycles. The van der Waals surface area contributed by atoms with Crippen molar-refractivity contribution in [2.24, 2.45) is 0 Å². The molecule has 1 aliphatic rings. The molecular formula is C23H25N3O3. The van der Waals surface area contributed by atoms with Crippen molar-refractivity contribution in [3.63, 3.8) is 0 Å². The first-order valence-corrected chi connectivity index (χ1v) is 10.1. The Hall–Kier alpha value is -3.15. The van der Waals surface area contributed by atoms with Crippen molar-refractivity contribution in [3.05, 3.63) is 74.9 Å². The molecule has 1 aromatic heterocycles. The highest BCUT2D eigenvalue weighted by molar-refractivity contribution is 5.95. The van der Waals surface area contributed by atoms with Gasteiger partial charge in [0.15, 0.2) is 0 Å². The Balaban J connectivity index is 1.82. The standard InChI is InChI=1S/C23H25N3O3/c1-3-16(2)26-22(28)18-11-5-7-13-20(18)25(23(26)29)15-21(27)24-14-8-10-17-9-4-6-12-19(17)24/h4-7,9,11-13,16H,3,8,10,14-15H2,1-2H3. The summed E-state index contributed by atoms with van der Waals surface area (Å²) in [6, 6.07) is 14.7. The highest BCUT2D eigenvalue weighted by atomic mass is 16.2. The van der Waals surface area contributed by atoms with Gasteiger partial charge in [-0.1, -0.05) is 37.3 Å². The van der Waals surface area contributed by atoms with Crippen LogP contribution in [-0.4, -0.2) is 21.6 Å². The zero-order valence-corrected chi connectivity index (χ0v) is 16.8. The number of carbonyl (C=O) groups is 1. The van der Waals surface area contributed by atoms with Crippen LogP contribution in [0.5, 0.6) is 0 Å². The van der Waals surface area contributed by atoms with Crippen LogP contribution in [0.3, 0.4) is 0 Å². The molecule has 2 aromatic carbocycles. The molecule has 0 aliphatic carbocycles. The molecular weight excluding hydrogens is 366 g/mol. The zero-order valence-electron chi connectivity index (χ0n) is 16.8. The van der Waals surface area contributed by atoms with E-state index in [1.54, 1.807) is 29.2 Å². The van der Waals surface area contributed by atoms with Crippen molar-refractivity contribution in [1.82, 2.24) is 9.13 Å². The Morgan fingerprint density at radius 2 is 1.79 bits per heavy atom. The quantitative estimate of drug-likeness (QED) is 0.686. The number of aromatic nitrogens is 2. The largest absolute Gasteiger partial charge is 0.332 e. The minimum absolute atomic E-state index is 0.0929. The highest BCUT2D eigenvalue weighted by Gasteiger charge is 2.24. The second kappa shape index (κ2) is 7.70. The summed E-state index contributed by atoms with van der Waals surface area (Å²) in [7, 11) is 0. The summed E-state index contributed by atoms with van der Waals surface area (Å²) in [5.41, 5.74) is 1.83. The molecule has 29 heavy (non-hydrogen) atoms. The normalized spacial score (nSPS) is 14.6. The number of benzene rings is 2. The van der Waals surface area contributed by atoms with Gasteiger partial charge in [-0.3, -0.25) is 18.7 Å². The number of carbonyl (C=O) groups excluding carboxylic acids is 1. The molecule has 0 fully saturated rings. The predicted octanol–water partition coefficient (Wildman–Crippen LogP) is 3.11. The molecule has 0 bridgehead atoms. The van der Waals surface area contributed by atoms with Crippen LogP contribution in [-0.2, 0) is 17.8 Å². The number of aryl methyl sites for hydroxylation is 1. The summed E-state index contributed by atoms with van der Waals surface area (Å²) in [6.07, 6.45) is 2.49. The minimum atomic E-state index is -0.429. The third kappa shape index (κ3) is 3.28. The molecule has 1 atom stereocenters. The van der Waals surface area contributed by atoms with Gasteiger partial charge in [0.05, 0.1) is 10.9 Å². The summed E-state index contributed by atoms with van der Waals surface area (Å²) >= 11 is 0. The van der Waals surface area contributed by atoms with Gasteiger partial charge in [-0.05, 0) is 49.9 Å². The molecule has 6 heteroatoms. The van der Waals surface area contributed by atoms with Gasteiger partial charge in [-0.15, -0.1) is 0 Å². The predicted molar refractivity (Wildman–Crippen MR) is 115 cm³/mol. The van der Waals surface area contributed by atoms with Crippen LogP contribution in [0.15, 0.2) is 58.1 Å². The van der Waals surface area contributed by atoms with Gasteiger partial charge < -0.3 is 4.90 Å². The molecule has 4 rings (SSSR count). The maximum Gasteiger partial charge on any atom is 0.332 e. The lowest BCUT2D eigenvalue weighted by Gasteiger charge is -2.30. The smallest absolute Gasteiger partial charge is 0.311 e. The third-order valence-corrected chi connectivity index (χ3v) is 5.82. The molecule has 150 valence electrons. The molecule has 0 N–H and O–H groups in total. The molecule has 0 spiro atoms. The number of nitrogens with zero attached hydrogens (tertiary/aromatic N) is 3.